The van der Waals surface area contributed by atoms with Gasteiger partial charge in [-0.1, -0.05) is 32.0 Å². The van der Waals surface area contributed by atoms with Gasteiger partial charge in [0.1, 0.15) is 5.54 Å². The van der Waals surface area contributed by atoms with Crippen LogP contribution in [0.3, 0.4) is 0 Å². The minimum absolute atomic E-state index is 0.0223. The Hall–Kier alpha value is -2.18. The summed E-state index contributed by atoms with van der Waals surface area (Å²) < 4.78 is 7.47. The molecule has 0 saturated heterocycles. The molecule has 2 atom stereocenters. The highest BCUT2D eigenvalue weighted by molar-refractivity contribution is 5.88. The Morgan fingerprint density at radius 2 is 2.12 bits per heavy atom. The molecule has 1 aromatic carbocycles. The van der Waals surface area contributed by atoms with Crippen LogP contribution in [0.25, 0.3) is 5.69 Å². The van der Waals surface area contributed by atoms with E-state index in [-0.39, 0.29) is 17.4 Å². The summed E-state index contributed by atoms with van der Waals surface area (Å²) in [5.41, 5.74) is 7.02. The molecule has 0 bridgehead atoms. The van der Waals surface area contributed by atoms with Crippen molar-refractivity contribution in [2.45, 2.75) is 45.4 Å². The van der Waals surface area contributed by atoms with Crippen molar-refractivity contribution in [3.8, 4) is 5.69 Å². The van der Waals surface area contributed by atoms with Gasteiger partial charge >= 0.3 is 0 Å². The molecule has 1 aromatic heterocycles. The van der Waals surface area contributed by atoms with Crippen molar-refractivity contribution in [3.05, 3.63) is 48.3 Å². The van der Waals surface area contributed by atoms with Gasteiger partial charge in [0.05, 0.1) is 18.0 Å². The number of para-hydroxylation sites is 1. The molecule has 1 fully saturated rings. The summed E-state index contributed by atoms with van der Waals surface area (Å²) in [5, 5.41) is 7.29. The number of nitrogens with zero attached hydrogens (tertiary/aromatic N) is 2. The average molecular weight is 342 g/mol. The van der Waals surface area contributed by atoms with Gasteiger partial charge in [0.15, 0.2) is 0 Å². The molecule has 2 aromatic rings. The van der Waals surface area contributed by atoms with Crippen LogP contribution >= 0.6 is 0 Å². The number of carbonyl (C=O) groups excluding carboxylic acids is 1. The number of nitrogens with two attached hydrogens (primary N) is 1. The molecule has 1 aliphatic carbocycles. The second-order valence-corrected chi connectivity index (χ2v) is 7.15. The second-order valence-electron chi connectivity index (χ2n) is 7.15. The van der Waals surface area contributed by atoms with Gasteiger partial charge in [-0.25, -0.2) is 4.68 Å². The third kappa shape index (κ3) is 3.07. The number of carbonyl (C=O) groups is 1. The molecule has 1 amide bonds. The maximum Gasteiger partial charge on any atom is 0.241 e. The number of benzene rings is 1. The zero-order valence-electron chi connectivity index (χ0n) is 15.0. The smallest absolute Gasteiger partial charge is 0.241 e. The molecule has 1 heterocycles. The minimum Gasteiger partial charge on any atom is -0.378 e. The first kappa shape index (κ1) is 17.6. The molecule has 1 aliphatic rings. The second kappa shape index (κ2) is 6.61. The Morgan fingerprint density at radius 3 is 2.76 bits per heavy atom. The van der Waals surface area contributed by atoms with Crippen LogP contribution in [0.5, 0.6) is 0 Å². The third-order valence-corrected chi connectivity index (χ3v) is 5.35. The van der Waals surface area contributed by atoms with Gasteiger partial charge in [-0.15, -0.1) is 0 Å². The highest BCUT2D eigenvalue weighted by Crippen LogP contribution is 2.49. The van der Waals surface area contributed by atoms with Crippen molar-refractivity contribution in [1.29, 1.82) is 0 Å². The van der Waals surface area contributed by atoms with E-state index < -0.39 is 5.54 Å². The van der Waals surface area contributed by atoms with Gasteiger partial charge in [-0.2, -0.15) is 5.10 Å². The topological polar surface area (TPSA) is 82.2 Å². The molecule has 1 saturated carbocycles. The predicted molar refractivity (Wildman–Crippen MR) is 96.1 cm³/mol. The summed E-state index contributed by atoms with van der Waals surface area (Å²) in [5.74, 6) is -0.138. The van der Waals surface area contributed by atoms with Crippen molar-refractivity contribution >= 4 is 5.91 Å². The van der Waals surface area contributed by atoms with E-state index in [0.29, 0.717) is 19.6 Å². The van der Waals surface area contributed by atoms with E-state index in [1.807, 2.05) is 57.3 Å². The Bertz CT molecular complexity index is 741. The lowest BCUT2D eigenvalue weighted by Gasteiger charge is -2.57. The van der Waals surface area contributed by atoms with Gasteiger partial charge in [0, 0.05) is 36.7 Å². The van der Waals surface area contributed by atoms with Crippen LogP contribution in [0.15, 0.2) is 42.7 Å². The molecule has 6 nitrogen and oxygen atoms in total. The SMILES string of the molecule is CCOC1CC(N)(C(=O)NCc2cnn(-c3ccccc3)c2)C1(C)C. The highest BCUT2D eigenvalue weighted by Gasteiger charge is 2.62. The number of nitrogens with one attached hydrogen (secondary N) is 1. The molecule has 3 rings (SSSR count). The van der Waals surface area contributed by atoms with E-state index in [9.17, 15) is 4.79 Å². The van der Waals surface area contributed by atoms with Crippen LogP contribution in [0.4, 0.5) is 0 Å². The van der Waals surface area contributed by atoms with Crippen LogP contribution in [0.2, 0.25) is 0 Å². The van der Waals surface area contributed by atoms with Crippen LogP contribution in [0, 0.1) is 5.41 Å². The zero-order valence-corrected chi connectivity index (χ0v) is 15.0. The molecule has 0 spiro atoms. The zero-order chi connectivity index (χ0) is 18.1. The van der Waals surface area contributed by atoms with Crippen molar-refractivity contribution < 1.29 is 9.53 Å². The van der Waals surface area contributed by atoms with E-state index in [1.54, 1.807) is 10.9 Å². The predicted octanol–water partition coefficient (Wildman–Crippen LogP) is 2.02. The first-order valence-electron chi connectivity index (χ1n) is 8.66. The lowest BCUT2D eigenvalue weighted by atomic mass is 9.54. The summed E-state index contributed by atoms with van der Waals surface area (Å²) in [6.07, 6.45) is 4.23. The number of hydrogen-bond donors (Lipinski definition) is 2. The monoisotopic (exact) mass is 342 g/mol. The number of ether oxygens (including phenoxy) is 1. The first-order chi connectivity index (χ1) is 11.9. The Labute approximate surface area is 148 Å². The lowest BCUT2D eigenvalue weighted by molar-refractivity contribution is -0.170. The van der Waals surface area contributed by atoms with Gasteiger partial charge in [0.25, 0.3) is 0 Å². The number of aromatic nitrogens is 2. The number of amides is 1. The first-order valence-corrected chi connectivity index (χ1v) is 8.66. The molecule has 6 heteroatoms. The van der Waals surface area contributed by atoms with E-state index in [0.717, 1.165) is 11.3 Å². The van der Waals surface area contributed by atoms with Gasteiger partial charge in [-0.05, 0) is 19.1 Å². The molecule has 134 valence electrons. The van der Waals surface area contributed by atoms with Gasteiger partial charge in [-0.3, -0.25) is 4.79 Å². The van der Waals surface area contributed by atoms with E-state index in [4.69, 9.17) is 10.5 Å². The van der Waals surface area contributed by atoms with Crippen LogP contribution in [0.1, 0.15) is 32.8 Å². The number of rotatable bonds is 6. The largest absolute Gasteiger partial charge is 0.378 e. The van der Waals surface area contributed by atoms with E-state index >= 15 is 0 Å². The van der Waals surface area contributed by atoms with Crippen LogP contribution < -0.4 is 11.1 Å². The summed E-state index contributed by atoms with van der Waals surface area (Å²) in [6, 6.07) is 9.85. The summed E-state index contributed by atoms with van der Waals surface area (Å²) in [6.45, 7) is 6.97. The highest BCUT2D eigenvalue weighted by atomic mass is 16.5. The Balaban J connectivity index is 1.61. The summed E-state index contributed by atoms with van der Waals surface area (Å²) in [4.78, 5) is 12.6. The van der Waals surface area contributed by atoms with Gasteiger partial charge < -0.3 is 15.8 Å². The average Bonchev–Trinajstić information content (AvgIpc) is 3.09. The molecule has 0 radical (unpaired) electrons. The molecule has 0 aliphatic heterocycles. The Morgan fingerprint density at radius 1 is 1.40 bits per heavy atom. The molecular weight excluding hydrogens is 316 g/mol. The van der Waals surface area contributed by atoms with Crippen molar-refractivity contribution in [2.75, 3.05) is 6.61 Å². The van der Waals surface area contributed by atoms with Crippen molar-refractivity contribution in [2.24, 2.45) is 11.1 Å². The van der Waals surface area contributed by atoms with Gasteiger partial charge in [0.2, 0.25) is 5.91 Å². The maximum atomic E-state index is 12.6. The normalized spacial score (nSPS) is 24.6. The summed E-state index contributed by atoms with van der Waals surface area (Å²) in [7, 11) is 0. The van der Waals surface area contributed by atoms with Crippen LogP contribution in [-0.2, 0) is 16.1 Å². The lowest BCUT2D eigenvalue weighted by Crippen LogP contribution is -2.75. The van der Waals surface area contributed by atoms with Crippen molar-refractivity contribution in [3.63, 3.8) is 0 Å². The van der Waals surface area contributed by atoms with E-state index in [1.165, 1.54) is 0 Å². The van der Waals surface area contributed by atoms with Crippen LogP contribution in [-0.4, -0.2) is 33.9 Å². The molecule has 25 heavy (non-hydrogen) atoms. The fourth-order valence-electron chi connectivity index (χ4n) is 3.33. The quantitative estimate of drug-likeness (QED) is 0.841. The number of hydrogen-bond acceptors (Lipinski definition) is 4. The maximum absolute atomic E-state index is 12.6. The minimum atomic E-state index is -0.901. The molecule has 2 unspecified atom stereocenters. The Kier molecular flexibility index (Phi) is 4.67. The fourth-order valence-corrected chi connectivity index (χ4v) is 3.33. The fraction of sp³-hybridized carbons (Fsp3) is 0.474. The molecule has 3 N–H and O–H groups in total. The third-order valence-electron chi connectivity index (χ3n) is 5.35. The standard InChI is InChI=1S/C19H26N4O2/c1-4-25-16-10-19(20,18(16,2)3)17(24)21-11-14-12-22-23(13-14)15-8-6-5-7-9-15/h5-9,12-13,16H,4,10-11,20H2,1-3H3,(H,21,24). The molecular formula is C19H26N4O2. The summed E-state index contributed by atoms with van der Waals surface area (Å²) >= 11 is 0. The van der Waals surface area contributed by atoms with Crippen molar-refractivity contribution in [1.82, 2.24) is 15.1 Å². The van der Waals surface area contributed by atoms with E-state index in [2.05, 4.69) is 10.4 Å².